The summed E-state index contributed by atoms with van der Waals surface area (Å²) in [7, 11) is -3.65. The first-order valence-corrected chi connectivity index (χ1v) is 8.97. The van der Waals surface area contributed by atoms with E-state index in [1.807, 2.05) is 32.0 Å². The Morgan fingerprint density at radius 1 is 1.05 bits per heavy atom. The largest absolute Gasteiger partial charge is 0.279 e. The second-order valence-electron chi connectivity index (χ2n) is 5.71. The van der Waals surface area contributed by atoms with Crippen LogP contribution in [0, 0.1) is 13.8 Å². The highest BCUT2D eigenvalue weighted by atomic mass is 35.5. The first kappa shape index (κ1) is 16.8. The Balaban J connectivity index is 2.47. The van der Waals surface area contributed by atoms with Crippen molar-refractivity contribution in [2.75, 3.05) is 4.72 Å². The summed E-state index contributed by atoms with van der Waals surface area (Å²) in [5.74, 6) is 0.229. The molecule has 0 aliphatic rings. The second kappa shape index (κ2) is 6.31. The summed E-state index contributed by atoms with van der Waals surface area (Å²) in [6.45, 7) is 7.60. The topological polar surface area (TPSA) is 46.2 Å². The Morgan fingerprint density at radius 2 is 1.68 bits per heavy atom. The van der Waals surface area contributed by atoms with Crippen LogP contribution in [0.4, 0.5) is 5.69 Å². The van der Waals surface area contributed by atoms with Crippen molar-refractivity contribution in [3.05, 3.63) is 58.1 Å². The average Bonchev–Trinajstić information content (AvgIpc) is 2.42. The van der Waals surface area contributed by atoms with Crippen LogP contribution in [0.3, 0.4) is 0 Å². The summed E-state index contributed by atoms with van der Waals surface area (Å²) < 4.78 is 28.1. The highest BCUT2D eigenvalue weighted by Gasteiger charge is 2.20. The molecular weight excluding hydrogens is 318 g/mol. The smallest absolute Gasteiger partial charge is 0.262 e. The number of anilines is 1. The van der Waals surface area contributed by atoms with Crippen LogP contribution in [0.5, 0.6) is 0 Å². The van der Waals surface area contributed by atoms with E-state index in [1.54, 1.807) is 32.0 Å². The van der Waals surface area contributed by atoms with E-state index < -0.39 is 10.0 Å². The van der Waals surface area contributed by atoms with Crippen molar-refractivity contribution in [1.29, 1.82) is 0 Å². The van der Waals surface area contributed by atoms with Gasteiger partial charge in [-0.1, -0.05) is 43.6 Å². The lowest BCUT2D eigenvalue weighted by atomic mass is 10.0. The van der Waals surface area contributed by atoms with Gasteiger partial charge in [-0.05, 0) is 54.7 Å². The Morgan fingerprint density at radius 3 is 2.32 bits per heavy atom. The fourth-order valence-corrected chi connectivity index (χ4v) is 3.96. The summed E-state index contributed by atoms with van der Waals surface area (Å²) in [6, 6.07) is 10.7. The molecule has 2 aromatic rings. The molecule has 0 bridgehead atoms. The number of sulfonamides is 1. The van der Waals surface area contributed by atoms with Gasteiger partial charge in [-0.25, -0.2) is 8.42 Å². The maximum Gasteiger partial charge on any atom is 0.262 e. The summed E-state index contributed by atoms with van der Waals surface area (Å²) >= 11 is 6.05. The van der Waals surface area contributed by atoms with Crippen LogP contribution in [0.25, 0.3) is 0 Å². The molecule has 0 unspecified atom stereocenters. The predicted octanol–water partition coefficient (Wildman–Crippen LogP) is 4.88. The minimum Gasteiger partial charge on any atom is -0.279 e. The van der Waals surface area contributed by atoms with Crippen LogP contribution in [-0.2, 0) is 10.0 Å². The van der Waals surface area contributed by atoms with Crippen molar-refractivity contribution >= 4 is 27.3 Å². The van der Waals surface area contributed by atoms with Crippen molar-refractivity contribution < 1.29 is 8.42 Å². The molecule has 0 aromatic heterocycles. The van der Waals surface area contributed by atoms with Crippen LogP contribution in [0.2, 0.25) is 5.02 Å². The number of rotatable bonds is 4. The van der Waals surface area contributed by atoms with Crippen molar-refractivity contribution in [2.24, 2.45) is 0 Å². The van der Waals surface area contributed by atoms with Crippen molar-refractivity contribution in [1.82, 2.24) is 0 Å². The van der Waals surface area contributed by atoms with Crippen LogP contribution < -0.4 is 4.72 Å². The first-order chi connectivity index (χ1) is 10.2. The highest BCUT2D eigenvalue weighted by Crippen LogP contribution is 2.29. The molecule has 0 saturated carbocycles. The molecule has 118 valence electrons. The van der Waals surface area contributed by atoms with E-state index in [-0.39, 0.29) is 10.8 Å². The van der Waals surface area contributed by atoms with Gasteiger partial charge in [-0.15, -0.1) is 0 Å². The number of para-hydroxylation sites is 1. The molecule has 0 aliphatic heterocycles. The van der Waals surface area contributed by atoms with E-state index in [0.717, 1.165) is 11.1 Å². The minimum absolute atomic E-state index is 0.229. The molecular formula is C17H20ClNO2S. The SMILES string of the molecule is Cc1cc(S(=O)(=O)Nc2ccccc2C(C)C)c(C)cc1Cl. The number of hydrogen-bond acceptors (Lipinski definition) is 2. The van der Waals surface area contributed by atoms with Gasteiger partial charge in [0.1, 0.15) is 0 Å². The van der Waals surface area contributed by atoms with Gasteiger partial charge in [0.15, 0.2) is 0 Å². The van der Waals surface area contributed by atoms with Gasteiger partial charge >= 0.3 is 0 Å². The van der Waals surface area contributed by atoms with Gasteiger partial charge in [0.2, 0.25) is 0 Å². The molecule has 0 heterocycles. The first-order valence-electron chi connectivity index (χ1n) is 7.11. The number of aryl methyl sites for hydroxylation is 2. The summed E-state index contributed by atoms with van der Waals surface area (Å²) in [4.78, 5) is 0.257. The normalized spacial score (nSPS) is 11.7. The predicted molar refractivity (Wildman–Crippen MR) is 92.3 cm³/mol. The van der Waals surface area contributed by atoms with Crippen molar-refractivity contribution in [3.63, 3.8) is 0 Å². The van der Waals surface area contributed by atoms with E-state index in [0.29, 0.717) is 16.3 Å². The Kier molecular flexibility index (Phi) is 4.83. The van der Waals surface area contributed by atoms with E-state index in [9.17, 15) is 8.42 Å². The third-order valence-electron chi connectivity index (χ3n) is 3.57. The van der Waals surface area contributed by atoms with Gasteiger partial charge in [0.05, 0.1) is 10.6 Å². The third-order valence-corrected chi connectivity index (χ3v) is 5.49. The fraction of sp³-hybridized carbons (Fsp3) is 0.294. The zero-order chi connectivity index (χ0) is 16.5. The number of hydrogen-bond donors (Lipinski definition) is 1. The molecule has 1 N–H and O–H groups in total. The molecule has 0 aliphatic carbocycles. The Labute approximate surface area is 137 Å². The number of halogens is 1. The zero-order valence-electron chi connectivity index (χ0n) is 13.1. The fourth-order valence-electron chi connectivity index (χ4n) is 2.34. The lowest BCUT2D eigenvalue weighted by Crippen LogP contribution is -2.16. The summed E-state index contributed by atoms with van der Waals surface area (Å²) in [5.41, 5.74) is 2.95. The molecule has 2 rings (SSSR count). The van der Waals surface area contributed by atoms with Gasteiger partial charge in [-0.3, -0.25) is 4.72 Å². The molecule has 0 fully saturated rings. The Hall–Kier alpha value is -1.52. The molecule has 2 aromatic carbocycles. The lowest BCUT2D eigenvalue weighted by Gasteiger charge is -2.16. The molecule has 5 heteroatoms. The van der Waals surface area contributed by atoms with Crippen molar-refractivity contribution in [3.8, 4) is 0 Å². The van der Waals surface area contributed by atoms with Crippen LogP contribution in [0.15, 0.2) is 41.3 Å². The molecule has 3 nitrogen and oxygen atoms in total. The van der Waals surface area contributed by atoms with Gasteiger partial charge in [0, 0.05) is 5.02 Å². The van der Waals surface area contributed by atoms with Gasteiger partial charge in [0.25, 0.3) is 10.0 Å². The maximum absolute atomic E-state index is 12.7. The number of nitrogens with one attached hydrogen (secondary N) is 1. The van der Waals surface area contributed by atoms with E-state index in [4.69, 9.17) is 11.6 Å². The molecule has 0 amide bonds. The maximum atomic E-state index is 12.7. The summed E-state index contributed by atoms with van der Waals surface area (Å²) in [5, 5.41) is 0.569. The highest BCUT2D eigenvalue weighted by molar-refractivity contribution is 7.92. The number of benzene rings is 2. The van der Waals surface area contributed by atoms with Crippen LogP contribution >= 0.6 is 11.6 Å². The van der Waals surface area contributed by atoms with Crippen LogP contribution in [0.1, 0.15) is 36.5 Å². The van der Waals surface area contributed by atoms with E-state index in [1.165, 1.54) is 0 Å². The average molecular weight is 338 g/mol. The lowest BCUT2D eigenvalue weighted by molar-refractivity contribution is 0.600. The Bertz CT molecular complexity index is 798. The minimum atomic E-state index is -3.65. The third kappa shape index (κ3) is 3.45. The zero-order valence-corrected chi connectivity index (χ0v) is 14.7. The van der Waals surface area contributed by atoms with Gasteiger partial charge < -0.3 is 0 Å². The molecule has 0 spiro atoms. The standard InChI is InChI=1S/C17H20ClNO2S/c1-11(2)14-7-5-6-8-16(14)19-22(20,21)17-10-12(3)15(18)9-13(17)4/h5-11,19H,1-4H3. The van der Waals surface area contributed by atoms with E-state index in [2.05, 4.69) is 4.72 Å². The van der Waals surface area contributed by atoms with Crippen molar-refractivity contribution in [2.45, 2.75) is 38.5 Å². The summed E-state index contributed by atoms with van der Waals surface area (Å²) in [6.07, 6.45) is 0. The quantitative estimate of drug-likeness (QED) is 0.864. The monoisotopic (exact) mass is 337 g/mol. The molecule has 22 heavy (non-hydrogen) atoms. The van der Waals surface area contributed by atoms with E-state index >= 15 is 0 Å². The molecule has 0 saturated heterocycles. The second-order valence-corrected chi connectivity index (χ2v) is 7.77. The van der Waals surface area contributed by atoms with Crippen LogP contribution in [-0.4, -0.2) is 8.42 Å². The molecule has 0 atom stereocenters. The van der Waals surface area contributed by atoms with Gasteiger partial charge in [-0.2, -0.15) is 0 Å². The molecule has 0 radical (unpaired) electrons.